The van der Waals surface area contributed by atoms with Gasteiger partial charge in [0.1, 0.15) is 17.4 Å². The monoisotopic (exact) mass is 560 g/mol. The number of thiocarbonyl (C=S) groups is 1. The Morgan fingerprint density at radius 3 is 2.62 bits per heavy atom. The van der Waals surface area contributed by atoms with E-state index in [0.717, 1.165) is 43.1 Å². The summed E-state index contributed by atoms with van der Waals surface area (Å²) in [6, 6.07) is 5.97. The molecule has 1 aliphatic carbocycles. The van der Waals surface area contributed by atoms with Gasteiger partial charge in [-0.1, -0.05) is 0 Å². The van der Waals surface area contributed by atoms with Crippen LogP contribution in [0.3, 0.4) is 0 Å². The first-order chi connectivity index (χ1) is 18.6. The number of anilines is 2. The van der Waals surface area contributed by atoms with E-state index in [0.29, 0.717) is 31.9 Å². The van der Waals surface area contributed by atoms with Gasteiger partial charge in [0.15, 0.2) is 10.8 Å². The molecule has 2 amide bonds. The third-order valence-corrected chi connectivity index (χ3v) is 7.91. The number of benzene rings is 1. The molecule has 1 atom stereocenters. The largest absolute Gasteiger partial charge is 0.419 e. The molecule has 5 rings (SSSR count). The number of carbonyl (C=O) groups is 2. The first-order valence-corrected chi connectivity index (χ1v) is 12.9. The van der Waals surface area contributed by atoms with Gasteiger partial charge in [0.25, 0.3) is 11.8 Å². The van der Waals surface area contributed by atoms with Crippen LogP contribution < -0.4 is 20.4 Å². The first-order valence-electron chi connectivity index (χ1n) is 12.5. The average Bonchev–Trinajstić information content (AvgIpc) is 3.13. The van der Waals surface area contributed by atoms with E-state index in [1.165, 1.54) is 23.1 Å². The molecular weight excluding hydrogens is 536 g/mol. The number of alkyl halides is 3. The molecule has 1 spiro atoms. The van der Waals surface area contributed by atoms with Gasteiger partial charge in [0, 0.05) is 12.2 Å². The van der Waals surface area contributed by atoms with E-state index in [1.54, 1.807) is 0 Å². The number of aromatic nitrogens is 1. The van der Waals surface area contributed by atoms with Crippen LogP contribution in [0.25, 0.3) is 0 Å². The minimum Gasteiger partial charge on any atom is -0.352 e. The van der Waals surface area contributed by atoms with Gasteiger partial charge in [-0.25, -0.2) is 9.37 Å². The quantitative estimate of drug-likeness (QED) is 0.423. The fraction of sp³-hybridized carbons (Fsp3) is 0.423. The molecule has 3 aliphatic rings. The summed E-state index contributed by atoms with van der Waals surface area (Å²) in [5.74, 6) is -1.67. The summed E-state index contributed by atoms with van der Waals surface area (Å²) in [6.45, 7) is 2.12. The van der Waals surface area contributed by atoms with E-state index in [1.807, 2.05) is 0 Å². The topological polar surface area (TPSA) is 101 Å². The Morgan fingerprint density at radius 2 is 2.03 bits per heavy atom. The highest BCUT2D eigenvalue weighted by Crippen LogP contribution is 2.48. The van der Waals surface area contributed by atoms with E-state index in [2.05, 4.69) is 15.6 Å². The summed E-state index contributed by atoms with van der Waals surface area (Å²) in [5, 5.41) is 14.9. The maximum atomic E-state index is 15.2. The molecule has 2 N–H and O–H groups in total. The van der Waals surface area contributed by atoms with Crippen LogP contribution in [0.4, 0.5) is 28.9 Å². The summed E-state index contributed by atoms with van der Waals surface area (Å²) in [7, 11) is 0. The molecule has 2 aliphatic heterocycles. The van der Waals surface area contributed by atoms with Crippen molar-refractivity contribution in [1.82, 2.24) is 15.6 Å². The van der Waals surface area contributed by atoms with E-state index < -0.39 is 40.6 Å². The maximum Gasteiger partial charge on any atom is 0.419 e. The first kappa shape index (κ1) is 27.0. The number of pyridine rings is 1. The number of nitriles is 1. The standard InChI is InChI=1S/C26H24F4N6O2S/c27-20-10-16(4-5-18(20)22(37)34-13-15-3-1-8-32-12-15)36-24(39)35(23(38)25(36)6-2-7-25)17-9-19(26(28,29)30)21(11-31)33-14-17/h4-5,9-10,14-15,32H,1-3,6-8,12-13H2,(H,34,37)/t15-/m0/s1. The minimum atomic E-state index is -4.88. The van der Waals surface area contributed by atoms with E-state index in [-0.39, 0.29) is 28.0 Å². The molecule has 13 heteroatoms. The lowest BCUT2D eigenvalue weighted by Crippen LogP contribution is -2.55. The van der Waals surface area contributed by atoms with Crippen LogP contribution in [-0.4, -0.2) is 47.1 Å². The Bertz CT molecular complexity index is 1380. The third-order valence-electron chi connectivity index (χ3n) is 7.54. The molecule has 0 unspecified atom stereocenters. The Balaban J connectivity index is 1.43. The number of piperidine rings is 1. The lowest BCUT2D eigenvalue weighted by molar-refractivity contribution is -0.138. The summed E-state index contributed by atoms with van der Waals surface area (Å²) >= 11 is 5.54. The van der Waals surface area contributed by atoms with E-state index >= 15 is 4.39 Å². The van der Waals surface area contributed by atoms with Crippen molar-refractivity contribution in [3.05, 3.63) is 53.1 Å². The van der Waals surface area contributed by atoms with Gasteiger partial charge in [0.2, 0.25) is 0 Å². The number of carbonyl (C=O) groups excluding carboxylic acids is 2. The second-order valence-electron chi connectivity index (χ2n) is 9.93. The lowest BCUT2D eigenvalue weighted by atomic mass is 9.75. The van der Waals surface area contributed by atoms with Crippen molar-refractivity contribution in [2.75, 3.05) is 29.4 Å². The van der Waals surface area contributed by atoms with Crippen LogP contribution in [0.5, 0.6) is 0 Å². The zero-order valence-corrected chi connectivity index (χ0v) is 21.5. The highest BCUT2D eigenvalue weighted by Gasteiger charge is 2.60. The molecule has 2 aromatic rings. The smallest absolute Gasteiger partial charge is 0.352 e. The number of nitrogens with one attached hydrogen (secondary N) is 2. The predicted octanol–water partition coefficient (Wildman–Crippen LogP) is 3.90. The fourth-order valence-corrected chi connectivity index (χ4v) is 5.82. The van der Waals surface area contributed by atoms with Gasteiger partial charge >= 0.3 is 6.18 Å². The summed E-state index contributed by atoms with van der Waals surface area (Å²) in [5.41, 5.74) is -3.49. The number of rotatable bonds is 5. The Morgan fingerprint density at radius 1 is 1.26 bits per heavy atom. The fourth-order valence-electron chi connectivity index (χ4n) is 5.35. The summed E-state index contributed by atoms with van der Waals surface area (Å²) in [6.07, 6.45) is -0.533. The van der Waals surface area contributed by atoms with Crippen molar-refractivity contribution in [2.24, 2.45) is 5.92 Å². The van der Waals surface area contributed by atoms with Crippen LogP contribution in [0.2, 0.25) is 0 Å². The third kappa shape index (κ3) is 4.72. The van der Waals surface area contributed by atoms with Crippen LogP contribution >= 0.6 is 12.2 Å². The zero-order valence-electron chi connectivity index (χ0n) is 20.6. The van der Waals surface area contributed by atoms with Crippen LogP contribution in [0, 0.1) is 23.1 Å². The maximum absolute atomic E-state index is 15.2. The van der Waals surface area contributed by atoms with Gasteiger partial charge in [-0.2, -0.15) is 18.4 Å². The average molecular weight is 561 g/mol. The van der Waals surface area contributed by atoms with Crippen molar-refractivity contribution in [3.8, 4) is 6.07 Å². The Labute approximate surface area is 227 Å². The molecule has 1 aromatic carbocycles. The summed E-state index contributed by atoms with van der Waals surface area (Å²) < 4.78 is 55.9. The lowest BCUT2D eigenvalue weighted by Gasteiger charge is -2.43. The number of amides is 2. The Hall–Kier alpha value is -3.63. The number of hydrogen-bond acceptors (Lipinski definition) is 6. The second-order valence-corrected chi connectivity index (χ2v) is 10.3. The molecule has 3 fully saturated rings. The SMILES string of the molecule is N#Cc1ncc(N2C(=O)C3(CCC3)N(c3ccc(C(=O)NC[C@H]4CCCNC4)c(F)c3)C2=S)cc1C(F)(F)F. The van der Waals surface area contributed by atoms with Crippen molar-refractivity contribution >= 4 is 40.5 Å². The molecule has 3 heterocycles. The molecule has 8 nitrogen and oxygen atoms in total. The molecule has 0 bridgehead atoms. The van der Waals surface area contributed by atoms with Crippen LogP contribution in [0.1, 0.15) is 53.7 Å². The molecular formula is C26H24F4N6O2S. The normalized spacial score (nSPS) is 20.6. The van der Waals surface area contributed by atoms with Crippen LogP contribution in [0.15, 0.2) is 30.5 Å². The highest BCUT2D eigenvalue weighted by atomic mass is 32.1. The van der Waals surface area contributed by atoms with Gasteiger partial charge < -0.3 is 15.5 Å². The van der Waals surface area contributed by atoms with Gasteiger partial charge in [0.05, 0.1) is 23.0 Å². The van der Waals surface area contributed by atoms with Crippen LogP contribution in [-0.2, 0) is 11.0 Å². The van der Waals surface area contributed by atoms with Gasteiger partial charge in [-0.15, -0.1) is 0 Å². The molecule has 1 aromatic heterocycles. The van der Waals surface area contributed by atoms with Gasteiger partial charge in [-0.05, 0) is 87.6 Å². The van der Waals surface area contributed by atoms with Crippen molar-refractivity contribution in [1.29, 1.82) is 5.26 Å². The zero-order chi connectivity index (χ0) is 27.9. The molecule has 2 saturated heterocycles. The minimum absolute atomic E-state index is 0.138. The Kier molecular flexibility index (Phi) is 7.02. The molecule has 1 saturated carbocycles. The number of halogens is 4. The van der Waals surface area contributed by atoms with Crippen molar-refractivity contribution < 1.29 is 27.2 Å². The highest BCUT2D eigenvalue weighted by molar-refractivity contribution is 7.81. The van der Waals surface area contributed by atoms with Gasteiger partial charge in [-0.3, -0.25) is 14.5 Å². The second kappa shape index (κ2) is 10.2. The van der Waals surface area contributed by atoms with Crippen molar-refractivity contribution in [2.45, 2.75) is 43.8 Å². The molecule has 39 heavy (non-hydrogen) atoms. The predicted molar refractivity (Wildman–Crippen MR) is 137 cm³/mol. The van der Waals surface area contributed by atoms with E-state index in [4.69, 9.17) is 17.5 Å². The summed E-state index contributed by atoms with van der Waals surface area (Å²) in [4.78, 5) is 32.2. The number of hydrogen-bond donors (Lipinski definition) is 2. The van der Waals surface area contributed by atoms with Crippen molar-refractivity contribution in [3.63, 3.8) is 0 Å². The number of nitrogens with zero attached hydrogens (tertiary/aromatic N) is 4. The van der Waals surface area contributed by atoms with E-state index in [9.17, 15) is 22.8 Å². The molecule has 0 radical (unpaired) electrons. The molecule has 204 valence electrons.